The van der Waals surface area contributed by atoms with Gasteiger partial charge in [-0.3, -0.25) is 9.69 Å². The van der Waals surface area contributed by atoms with Crippen LogP contribution < -0.4 is 16.2 Å². The van der Waals surface area contributed by atoms with E-state index in [2.05, 4.69) is 75.3 Å². The summed E-state index contributed by atoms with van der Waals surface area (Å²) in [5, 5.41) is 6.85. The summed E-state index contributed by atoms with van der Waals surface area (Å²) in [6.45, 7) is 15.0. The molecule has 10 heteroatoms. The van der Waals surface area contributed by atoms with E-state index in [-0.39, 0.29) is 22.5 Å². The zero-order chi connectivity index (χ0) is 20.9. The van der Waals surface area contributed by atoms with E-state index in [9.17, 15) is 4.79 Å². The lowest BCUT2D eigenvalue weighted by atomic mass is 10.1. The van der Waals surface area contributed by atoms with Crippen LogP contribution in [0.4, 0.5) is 5.82 Å². The van der Waals surface area contributed by atoms with Crippen LogP contribution in [0.5, 0.6) is 0 Å². The number of aromatic amines is 1. The fourth-order valence-corrected chi connectivity index (χ4v) is 4.41. The normalized spacial score (nSPS) is 18.7. The Morgan fingerprint density at radius 2 is 2.21 bits per heavy atom. The third kappa shape index (κ3) is 6.91. The highest BCUT2D eigenvalue weighted by Crippen LogP contribution is 2.36. The number of hydrogen-bond acceptors (Lipinski definition) is 5. The summed E-state index contributed by atoms with van der Waals surface area (Å²) in [5.74, 6) is 0.183. The van der Waals surface area contributed by atoms with E-state index in [0.29, 0.717) is 9.72 Å². The maximum Gasteiger partial charge on any atom is 0.291 e. The van der Waals surface area contributed by atoms with Crippen molar-refractivity contribution in [3.63, 3.8) is 0 Å². The first kappa shape index (κ1) is 23.5. The molecule has 0 unspecified atom stereocenters. The fraction of sp³-hybridized carbons (Fsp3) is 0.722. The smallest absolute Gasteiger partial charge is 0.291 e. The Bertz CT molecular complexity index is 737. The Morgan fingerprint density at radius 1 is 1.50 bits per heavy atom. The van der Waals surface area contributed by atoms with E-state index in [1.807, 2.05) is 0 Å². The van der Waals surface area contributed by atoms with E-state index in [4.69, 9.17) is 16.6 Å². The molecule has 0 radical (unpaired) electrons. The first-order valence-electron chi connectivity index (χ1n) is 9.67. The maximum absolute atomic E-state index is 11.8. The molecule has 7 nitrogen and oxygen atoms in total. The van der Waals surface area contributed by atoms with Gasteiger partial charge in [-0.2, -0.15) is 0 Å². The molecule has 0 spiro atoms. The number of thiocarbonyl (C=S) groups is 1. The van der Waals surface area contributed by atoms with Gasteiger partial charge in [-0.15, -0.1) is 0 Å². The molecule has 1 aliphatic rings. The van der Waals surface area contributed by atoms with Crippen molar-refractivity contribution in [1.29, 1.82) is 0 Å². The number of halogens is 1. The second-order valence-corrected chi connectivity index (χ2v) is 14.8. The van der Waals surface area contributed by atoms with Crippen LogP contribution in [0, 0.1) is 0 Å². The predicted molar refractivity (Wildman–Crippen MR) is 125 cm³/mol. The van der Waals surface area contributed by atoms with Gasteiger partial charge in [0.05, 0.1) is 0 Å². The number of H-pyrrole nitrogens is 1. The highest BCUT2D eigenvalue weighted by molar-refractivity contribution is 9.10. The van der Waals surface area contributed by atoms with Crippen molar-refractivity contribution in [1.82, 2.24) is 20.2 Å². The van der Waals surface area contributed by atoms with E-state index in [0.717, 1.165) is 39.1 Å². The van der Waals surface area contributed by atoms with Crippen LogP contribution in [0.25, 0.3) is 0 Å². The molecule has 1 aromatic heterocycles. The molecule has 1 atom stereocenters. The Morgan fingerprint density at radius 3 is 2.89 bits per heavy atom. The van der Waals surface area contributed by atoms with Crippen molar-refractivity contribution in [2.24, 2.45) is 0 Å². The van der Waals surface area contributed by atoms with E-state index >= 15 is 0 Å². The summed E-state index contributed by atoms with van der Waals surface area (Å²) < 4.78 is 6.85. The molecule has 0 amide bonds. The molecule has 3 N–H and O–H groups in total. The molecule has 0 aliphatic carbocycles. The Kier molecular flexibility index (Phi) is 8.21. The van der Waals surface area contributed by atoms with Gasteiger partial charge in [0.25, 0.3) is 5.56 Å². The molecule has 1 fully saturated rings. The summed E-state index contributed by atoms with van der Waals surface area (Å²) in [4.78, 5) is 20.9. The minimum Gasteiger partial charge on any atom is -0.416 e. The number of nitrogens with zero attached hydrogens (tertiary/aromatic N) is 2. The second-order valence-electron chi connectivity index (χ2n) is 8.75. The monoisotopic (exact) mass is 489 g/mol. The highest BCUT2D eigenvalue weighted by Gasteiger charge is 2.37. The van der Waals surface area contributed by atoms with Crippen molar-refractivity contribution in [3.8, 4) is 0 Å². The minimum absolute atomic E-state index is 0.183. The largest absolute Gasteiger partial charge is 0.416 e. The Balaban J connectivity index is 1.80. The van der Waals surface area contributed by atoms with Gasteiger partial charge in [0.2, 0.25) is 0 Å². The van der Waals surface area contributed by atoms with Crippen LogP contribution >= 0.6 is 28.1 Å². The molecule has 2 rings (SSSR count). The molecule has 2 heterocycles. The van der Waals surface area contributed by atoms with Gasteiger partial charge in [0.15, 0.2) is 19.2 Å². The molecule has 1 aliphatic heterocycles. The van der Waals surface area contributed by atoms with Crippen LogP contribution in [-0.4, -0.2) is 60.6 Å². The molecule has 0 aromatic carbocycles. The standard InChI is InChI=1S/C18H32BrN5O2SSi/c1-18(2,3)28(4,5)26-10-9-24-8-6-7-13(12-24)21-17(27)23-15-16(25)20-11-14(19)22-15/h11,13H,6-10,12H2,1-5H3,(H,20,25)(H2,21,22,23,27)/t13-/m1/s1. The summed E-state index contributed by atoms with van der Waals surface area (Å²) in [6, 6.07) is 0.243. The topological polar surface area (TPSA) is 82.3 Å². The molecule has 28 heavy (non-hydrogen) atoms. The van der Waals surface area contributed by atoms with E-state index < -0.39 is 8.32 Å². The molecule has 0 saturated carbocycles. The van der Waals surface area contributed by atoms with Crippen molar-refractivity contribution < 1.29 is 4.43 Å². The third-order valence-electron chi connectivity index (χ3n) is 5.51. The third-order valence-corrected chi connectivity index (χ3v) is 10.7. The Labute approximate surface area is 182 Å². The minimum atomic E-state index is -1.70. The number of anilines is 1. The van der Waals surface area contributed by atoms with Gasteiger partial charge in [-0.05, 0) is 65.7 Å². The lowest BCUT2D eigenvalue weighted by Crippen LogP contribution is -2.50. The van der Waals surface area contributed by atoms with Gasteiger partial charge >= 0.3 is 0 Å². The number of nitrogens with one attached hydrogen (secondary N) is 3. The Hall–Kier alpha value is -0.813. The molecule has 1 saturated heterocycles. The van der Waals surface area contributed by atoms with Crippen molar-refractivity contribution in [2.75, 3.05) is 31.6 Å². The summed E-state index contributed by atoms with van der Waals surface area (Å²) in [7, 11) is -1.70. The van der Waals surface area contributed by atoms with Gasteiger partial charge in [0.1, 0.15) is 4.60 Å². The molecule has 0 bridgehead atoms. The molecular weight excluding hydrogens is 458 g/mol. The highest BCUT2D eigenvalue weighted by atomic mass is 79.9. The zero-order valence-electron chi connectivity index (χ0n) is 17.4. The average Bonchev–Trinajstić information content (AvgIpc) is 2.57. The van der Waals surface area contributed by atoms with Crippen LogP contribution in [0.3, 0.4) is 0 Å². The van der Waals surface area contributed by atoms with Crippen molar-refractivity contribution >= 4 is 47.4 Å². The van der Waals surface area contributed by atoms with E-state index in [1.165, 1.54) is 6.20 Å². The summed E-state index contributed by atoms with van der Waals surface area (Å²) >= 11 is 8.61. The number of rotatable bonds is 6. The van der Waals surface area contributed by atoms with Crippen LogP contribution in [-0.2, 0) is 4.43 Å². The van der Waals surface area contributed by atoms with Crippen LogP contribution in [0.1, 0.15) is 33.6 Å². The SMILES string of the molecule is CC(C)(C)[Si](C)(C)OCCN1CCC[C@@H](NC(=S)Nc2nc(Br)c[nH]c2=O)C1. The van der Waals surface area contributed by atoms with Crippen LogP contribution in [0.2, 0.25) is 18.1 Å². The van der Waals surface area contributed by atoms with Gasteiger partial charge < -0.3 is 20.0 Å². The fourth-order valence-electron chi connectivity index (χ4n) is 2.82. The van der Waals surface area contributed by atoms with Crippen molar-refractivity contribution in [2.45, 2.75) is 57.8 Å². The van der Waals surface area contributed by atoms with Gasteiger partial charge in [0, 0.05) is 31.9 Å². The van der Waals surface area contributed by atoms with Crippen LogP contribution in [0.15, 0.2) is 15.6 Å². The number of piperidine rings is 1. The number of hydrogen-bond donors (Lipinski definition) is 3. The predicted octanol–water partition coefficient (Wildman–Crippen LogP) is 3.31. The first-order valence-corrected chi connectivity index (χ1v) is 13.8. The van der Waals surface area contributed by atoms with Crippen molar-refractivity contribution in [3.05, 3.63) is 21.2 Å². The molecule has 1 aromatic rings. The second kappa shape index (κ2) is 9.79. The first-order chi connectivity index (χ1) is 13.0. The molecular formula is C18H32BrN5O2SSi. The lowest BCUT2D eigenvalue weighted by Gasteiger charge is -2.38. The van der Waals surface area contributed by atoms with E-state index in [1.54, 1.807) is 0 Å². The lowest BCUT2D eigenvalue weighted by molar-refractivity contribution is 0.160. The number of aromatic nitrogens is 2. The number of likely N-dealkylation sites (tertiary alicyclic amines) is 1. The van der Waals surface area contributed by atoms with Gasteiger partial charge in [-0.25, -0.2) is 4.98 Å². The zero-order valence-corrected chi connectivity index (χ0v) is 20.8. The molecule has 158 valence electrons. The quantitative estimate of drug-likeness (QED) is 0.417. The summed E-state index contributed by atoms with van der Waals surface area (Å²) in [5.41, 5.74) is -0.305. The van der Waals surface area contributed by atoms with Gasteiger partial charge in [-0.1, -0.05) is 20.8 Å². The average molecular weight is 491 g/mol. The maximum atomic E-state index is 11.8. The summed E-state index contributed by atoms with van der Waals surface area (Å²) in [6.07, 6.45) is 3.65.